The fourth-order valence-electron chi connectivity index (χ4n) is 3.89. The molecule has 3 rings (SSSR count). The van der Waals surface area contributed by atoms with Crippen molar-refractivity contribution in [3.05, 3.63) is 17.5 Å². The third kappa shape index (κ3) is 5.28. The van der Waals surface area contributed by atoms with Gasteiger partial charge in [0.2, 0.25) is 10.0 Å². The maximum Gasteiger partial charge on any atom is 0.271 e. The van der Waals surface area contributed by atoms with Crippen molar-refractivity contribution in [2.75, 3.05) is 45.6 Å². The molecule has 0 bridgehead atoms. The first-order valence-corrected chi connectivity index (χ1v) is 11.3. The van der Waals surface area contributed by atoms with Gasteiger partial charge in [-0.05, 0) is 32.3 Å². The summed E-state index contributed by atoms with van der Waals surface area (Å²) in [6.07, 6.45) is 3.95. The van der Waals surface area contributed by atoms with Crippen LogP contribution in [0.15, 0.2) is 6.07 Å². The lowest BCUT2D eigenvalue weighted by Gasteiger charge is -2.38. The second kappa shape index (κ2) is 8.68. The Labute approximate surface area is 160 Å². The number of carbonyl (C=O) groups is 1. The van der Waals surface area contributed by atoms with Gasteiger partial charge < -0.3 is 10.1 Å². The van der Waals surface area contributed by atoms with E-state index in [1.807, 2.05) is 6.92 Å². The first-order valence-electron chi connectivity index (χ1n) is 9.43. The van der Waals surface area contributed by atoms with Crippen LogP contribution >= 0.6 is 0 Å². The van der Waals surface area contributed by atoms with Crippen molar-refractivity contribution in [3.63, 3.8) is 0 Å². The largest absolute Gasteiger partial charge is 0.381 e. The van der Waals surface area contributed by atoms with E-state index in [2.05, 4.69) is 20.4 Å². The van der Waals surface area contributed by atoms with Crippen molar-refractivity contribution >= 4 is 15.9 Å². The number of hydrogen-bond acceptors (Lipinski definition) is 6. The number of H-pyrrole nitrogens is 1. The number of nitrogens with one attached hydrogen (secondary N) is 2. The molecule has 0 aliphatic carbocycles. The number of nitrogens with zero attached hydrogens (tertiary/aromatic N) is 3. The summed E-state index contributed by atoms with van der Waals surface area (Å²) in [6.45, 7) is 5.56. The minimum atomic E-state index is -3.17. The summed E-state index contributed by atoms with van der Waals surface area (Å²) < 4.78 is 30.7. The number of sulfonamides is 1. The van der Waals surface area contributed by atoms with Crippen LogP contribution in [0.5, 0.6) is 0 Å². The average Bonchev–Trinajstić information content (AvgIpc) is 3.28. The molecule has 3 heterocycles. The lowest BCUT2D eigenvalue weighted by Crippen LogP contribution is -2.50. The molecule has 2 N–H and O–H groups in total. The molecule has 2 aliphatic heterocycles. The van der Waals surface area contributed by atoms with Crippen LogP contribution in [0.3, 0.4) is 0 Å². The summed E-state index contributed by atoms with van der Waals surface area (Å²) in [5.41, 5.74) is 1.23. The summed E-state index contributed by atoms with van der Waals surface area (Å²) in [7, 11) is -3.17. The van der Waals surface area contributed by atoms with Crippen LogP contribution in [0, 0.1) is 6.92 Å². The molecule has 152 valence electrons. The molecule has 0 saturated carbocycles. The van der Waals surface area contributed by atoms with Gasteiger partial charge in [0.15, 0.2) is 0 Å². The maximum atomic E-state index is 12.2. The summed E-state index contributed by atoms with van der Waals surface area (Å²) in [5, 5.41) is 9.66. The van der Waals surface area contributed by atoms with Crippen molar-refractivity contribution in [2.24, 2.45) is 0 Å². The van der Waals surface area contributed by atoms with E-state index < -0.39 is 10.0 Å². The van der Waals surface area contributed by atoms with Gasteiger partial charge in [-0.15, -0.1) is 0 Å². The minimum Gasteiger partial charge on any atom is -0.381 e. The Kier molecular flexibility index (Phi) is 6.51. The number of aromatic amines is 1. The van der Waals surface area contributed by atoms with Crippen molar-refractivity contribution in [3.8, 4) is 0 Å². The van der Waals surface area contributed by atoms with Crippen molar-refractivity contribution in [1.29, 1.82) is 0 Å². The van der Waals surface area contributed by atoms with E-state index in [0.717, 1.165) is 38.2 Å². The molecule has 27 heavy (non-hydrogen) atoms. The Hall–Kier alpha value is -1.49. The summed E-state index contributed by atoms with van der Waals surface area (Å²) in [5.74, 6) is -0.199. The Bertz CT molecular complexity index is 744. The van der Waals surface area contributed by atoms with E-state index in [1.165, 1.54) is 6.26 Å². The molecule has 0 aromatic carbocycles. The average molecular weight is 400 g/mol. The molecular weight excluding hydrogens is 370 g/mol. The molecule has 2 saturated heterocycles. The summed E-state index contributed by atoms with van der Waals surface area (Å²) in [4.78, 5) is 14.6. The van der Waals surface area contributed by atoms with Crippen LogP contribution in [0.4, 0.5) is 0 Å². The molecule has 1 amide bonds. The van der Waals surface area contributed by atoms with E-state index in [-0.39, 0.29) is 11.9 Å². The lowest BCUT2D eigenvalue weighted by molar-refractivity contribution is 0.0194. The standard InChI is InChI=1S/C17H29N5O4S/c1-13-11-16(20-19-13)17(23)18-6-8-22(14-4-9-26-10-5-14)15-3-7-21(12-15)27(2,24)25/h11,14-15H,3-10,12H2,1-2H3,(H,18,23)(H,19,20). The van der Waals surface area contributed by atoms with E-state index >= 15 is 0 Å². The van der Waals surface area contributed by atoms with Crippen molar-refractivity contribution in [2.45, 2.75) is 38.3 Å². The zero-order valence-corrected chi connectivity index (χ0v) is 16.8. The second-order valence-electron chi connectivity index (χ2n) is 7.34. The Morgan fingerprint density at radius 1 is 1.37 bits per heavy atom. The molecule has 2 fully saturated rings. The first kappa shape index (κ1) is 20.2. The van der Waals surface area contributed by atoms with Crippen molar-refractivity contribution < 1.29 is 17.9 Å². The normalized spacial score (nSPS) is 22.4. The highest BCUT2D eigenvalue weighted by Gasteiger charge is 2.35. The van der Waals surface area contributed by atoms with Gasteiger partial charge >= 0.3 is 0 Å². The van der Waals surface area contributed by atoms with Gasteiger partial charge in [-0.1, -0.05) is 0 Å². The lowest BCUT2D eigenvalue weighted by atomic mass is 10.0. The van der Waals surface area contributed by atoms with E-state index in [1.54, 1.807) is 10.4 Å². The Morgan fingerprint density at radius 3 is 2.70 bits per heavy atom. The van der Waals surface area contributed by atoms with Gasteiger partial charge in [0.25, 0.3) is 5.91 Å². The fourth-order valence-corrected chi connectivity index (χ4v) is 4.77. The number of carbonyl (C=O) groups excluding carboxylic acids is 1. The number of amides is 1. The maximum absolute atomic E-state index is 12.2. The number of aryl methyl sites for hydroxylation is 1. The molecule has 1 aromatic heterocycles. The molecule has 1 atom stereocenters. The highest BCUT2D eigenvalue weighted by atomic mass is 32.2. The van der Waals surface area contributed by atoms with Gasteiger partial charge in [0.05, 0.1) is 6.26 Å². The predicted octanol–water partition coefficient (Wildman–Crippen LogP) is -0.0372. The van der Waals surface area contributed by atoms with Gasteiger partial charge in [-0.25, -0.2) is 12.7 Å². The first-order chi connectivity index (χ1) is 12.8. The molecule has 0 spiro atoms. The zero-order valence-electron chi connectivity index (χ0n) is 16.0. The van der Waals surface area contributed by atoms with Gasteiger partial charge in [0.1, 0.15) is 5.69 Å². The minimum absolute atomic E-state index is 0.173. The topological polar surface area (TPSA) is 108 Å². The van der Waals surface area contributed by atoms with Crippen LogP contribution in [0.25, 0.3) is 0 Å². The molecule has 2 aliphatic rings. The molecule has 1 aromatic rings. The van der Waals surface area contributed by atoms with Gasteiger partial charge in [0, 0.05) is 57.2 Å². The Morgan fingerprint density at radius 2 is 2.11 bits per heavy atom. The van der Waals surface area contributed by atoms with Crippen LogP contribution in [-0.4, -0.2) is 91.5 Å². The van der Waals surface area contributed by atoms with Gasteiger partial charge in [-0.2, -0.15) is 5.10 Å². The van der Waals surface area contributed by atoms with Crippen molar-refractivity contribution in [1.82, 2.24) is 24.7 Å². The van der Waals surface area contributed by atoms with E-state index in [4.69, 9.17) is 4.74 Å². The quantitative estimate of drug-likeness (QED) is 0.666. The molecule has 10 heteroatoms. The monoisotopic (exact) mass is 399 g/mol. The Balaban J connectivity index is 1.59. The molecule has 1 unspecified atom stereocenters. The number of aromatic nitrogens is 2. The summed E-state index contributed by atoms with van der Waals surface area (Å²) >= 11 is 0. The fraction of sp³-hybridized carbons (Fsp3) is 0.765. The predicted molar refractivity (Wildman–Crippen MR) is 101 cm³/mol. The smallest absolute Gasteiger partial charge is 0.271 e. The summed E-state index contributed by atoms with van der Waals surface area (Å²) in [6, 6.07) is 2.24. The second-order valence-corrected chi connectivity index (χ2v) is 9.32. The third-order valence-electron chi connectivity index (χ3n) is 5.32. The number of hydrogen-bond donors (Lipinski definition) is 2. The highest BCUT2D eigenvalue weighted by molar-refractivity contribution is 7.88. The third-order valence-corrected chi connectivity index (χ3v) is 6.59. The van der Waals surface area contributed by atoms with E-state index in [0.29, 0.717) is 37.9 Å². The molecule has 9 nitrogen and oxygen atoms in total. The van der Waals surface area contributed by atoms with Gasteiger partial charge in [-0.3, -0.25) is 14.8 Å². The highest BCUT2D eigenvalue weighted by Crippen LogP contribution is 2.24. The number of ether oxygens (including phenoxy) is 1. The number of rotatable bonds is 7. The van der Waals surface area contributed by atoms with E-state index in [9.17, 15) is 13.2 Å². The van der Waals surface area contributed by atoms with Crippen LogP contribution < -0.4 is 5.32 Å². The van der Waals surface area contributed by atoms with Crippen LogP contribution in [-0.2, 0) is 14.8 Å². The zero-order chi connectivity index (χ0) is 19.4. The van der Waals surface area contributed by atoms with Crippen LogP contribution in [0.2, 0.25) is 0 Å². The molecular formula is C17H29N5O4S. The van der Waals surface area contributed by atoms with Crippen LogP contribution in [0.1, 0.15) is 35.4 Å². The molecule has 0 radical (unpaired) electrons. The SMILES string of the molecule is Cc1cc(C(=O)NCCN(C2CCOCC2)C2CCN(S(C)(=O)=O)C2)n[nH]1.